The highest BCUT2D eigenvalue weighted by atomic mass is 16.5. The van der Waals surface area contributed by atoms with Crippen molar-refractivity contribution in [3.8, 4) is 11.6 Å². The van der Waals surface area contributed by atoms with Crippen molar-refractivity contribution in [2.45, 2.75) is 51.4 Å². The van der Waals surface area contributed by atoms with Crippen LogP contribution in [0.1, 0.15) is 59.7 Å². The zero-order valence-electron chi connectivity index (χ0n) is 18.3. The molecule has 0 spiro atoms. The fourth-order valence-electron chi connectivity index (χ4n) is 4.89. The molecule has 5 rings (SSSR count). The van der Waals surface area contributed by atoms with Crippen LogP contribution < -0.4 is 0 Å². The highest BCUT2D eigenvalue weighted by molar-refractivity contribution is 5.96. The van der Waals surface area contributed by atoms with E-state index in [0.717, 1.165) is 37.2 Å². The SMILES string of the molecule is Cc1nn(C)c(C)c1C(=O)N1CCCC(CC2CC2)(c2noc(-c3ccccn3)n2)C1. The Morgan fingerprint density at radius 3 is 2.81 bits per heavy atom. The predicted octanol–water partition coefficient (Wildman–Crippen LogP) is 3.46. The summed E-state index contributed by atoms with van der Waals surface area (Å²) in [6, 6.07) is 5.64. The van der Waals surface area contributed by atoms with Crippen LogP contribution >= 0.6 is 0 Å². The van der Waals surface area contributed by atoms with Gasteiger partial charge in [0.15, 0.2) is 5.82 Å². The van der Waals surface area contributed by atoms with E-state index in [1.807, 2.05) is 44.0 Å². The lowest BCUT2D eigenvalue weighted by molar-refractivity contribution is 0.0605. The third-order valence-corrected chi connectivity index (χ3v) is 6.75. The maximum absolute atomic E-state index is 13.5. The molecule has 1 atom stereocenters. The van der Waals surface area contributed by atoms with E-state index in [-0.39, 0.29) is 11.3 Å². The summed E-state index contributed by atoms with van der Waals surface area (Å²) in [6.45, 7) is 5.20. The molecule has 2 aliphatic rings. The number of aromatic nitrogens is 5. The zero-order chi connectivity index (χ0) is 21.6. The molecule has 1 aliphatic heterocycles. The zero-order valence-corrected chi connectivity index (χ0v) is 18.3. The second-order valence-electron chi connectivity index (χ2n) is 9.07. The van der Waals surface area contributed by atoms with Crippen LogP contribution in [-0.4, -0.2) is 48.8 Å². The third kappa shape index (κ3) is 3.64. The van der Waals surface area contributed by atoms with Gasteiger partial charge in [-0.05, 0) is 51.2 Å². The quantitative estimate of drug-likeness (QED) is 0.628. The van der Waals surface area contributed by atoms with E-state index in [0.29, 0.717) is 35.4 Å². The lowest BCUT2D eigenvalue weighted by atomic mass is 9.74. The molecule has 162 valence electrons. The molecule has 31 heavy (non-hydrogen) atoms. The highest BCUT2D eigenvalue weighted by Crippen LogP contribution is 2.46. The summed E-state index contributed by atoms with van der Waals surface area (Å²) in [4.78, 5) is 24.6. The van der Waals surface area contributed by atoms with E-state index in [1.165, 1.54) is 12.8 Å². The van der Waals surface area contributed by atoms with Crippen molar-refractivity contribution >= 4 is 5.91 Å². The van der Waals surface area contributed by atoms with Crippen LogP contribution in [0.5, 0.6) is 0 Å². The van der Waals surface area contributed by atoms with Crippen molar-refractivity contribution in [2.75, 3.05) is 13.1 Å². The van der Waals surface area contributed by atoms with Crippen LogP contribution in [0.4, 0.5) is 0 Å². The van der Waals surface area contributed by atoms with Crippen molar-refractivity contribution in [1.29, 1.82) is 0 Å². The number of aryl methyl sites for hydroxylation is 2. The van der Waals surface area contributed by atoms with Crippen molar-refractivity contribution in [3.63, 3.8) is 0 Å². The van der Waals surface area contributed by atoms with Crippen LogP contribution in [0.25, 0.3) is 11.6 Å². The van der Waals surface area contributed by atoms with E-state index in [1.54, 1.807) is 10.9 Å². The number of amides is 1. The molecule has 1 saturated carbocycles. The van der Waals surface area contributed by atoms with E-state index in [2.05, 4.69) is 15.2 Å². The summed E-state index contributed by atoms with van der Waals surface area (Å²) in [7, 11) is 1.88. The van der Waals surface area contributed by atoms with Gasteiger partial charge < -0.3 is 9.42 Å². The van der Waals surface area contributed by atoms with Gasteiger partial charge in [0.1, 0.15) is 5.69 Å². The Bertz CT molecular complexity index is 1100. The van der Waals surface area contributed by atoms with Gasteiger partial charge >= 0.3 is 0 Å². The van der Waals surface area contributed by atoms with Gasteiger partial charge in [-0.3, -0.25) is 14.5 Å². The van der Waals surface area contributed by atoms with Gasteiger partial charge in [0.25, 0.3) is 11.8 Å². The van der Waals surface area contributed by atoms with Crippen LogP contribution in [0.3, 0.4) is 0 Å². The Morgan fingerprint density at radius 1 is 1.29 bits per heavy atom. The lowest BCUT2D eigenvalue weighted by Crippen LogP contribution is -2.49. The lowest BCUT2D eigenvalue weighted by Gasteiger charge is -2.41. The Balaban J connectivity index is 1.47. The predicted molar refractivity (Wildman–Crippen MR) is 114 cm³/mol. The molecular formula is C23H28N6O2. The molecule has 0 bridgehead atoms. The first-order valence-electron chi connectivity index (χ1n) is 11.0. The first kappa shape index (κ1) is 19.9. The number of rotatable bonds is 5. The van der Waals surface area contributed by atoms with Gasteiger partial charge in [0.2, 0.25) is 0 Å². The highest BCUT2D eigenvalue weighted by Gasteiger charge is 2.46. The van der Waals surface area contributed by atoms with Crippen LogP contribution in [0, 0.1) is 19.8 Å². The monoisotopic (exact) mass is 420 g/mol. The Kier molecular flexibility index (Phi) is 4.87. The molecule has 1 amide bonds. The van der Waals surface area contributed by atoms with E-state index in [4.69, 9.17) is 9.51 Å². The summed E-state index contributed by atoms with van der Waals surface area (Å²) in [5.74, 6) is 1.87. The second-order valence-corrected chi connectivity index (χ2v) is 9.07. The molecule has 3 aromatic heterocycles. The molecule has 1 aliphatic carbocycles. The summed E-state index contributed by atoms with van der Waals surface area (Å²) in [5, 5.41) is 8.83. The van der Waals surface area contributed by atoms with Crippen LogP contribution in [0.2, 0.25) is 0 Å². The molecule has 8 nitrogen and oxygen atoms in total. The van der Waals surface area contributed by atoms with Crippen molar-refractivity contribution in [3.05, 3.63) is 47.2 Å². The van der Waals surface area contributed by atoms with E-state index >= 15 is 0 Å². The number of nitrogens with zero attached hydrogens (tertiary/aromatic N) is 6. The number of hydrogen-bond donors (Lipinski definition) is 0. The average Bonchev–Trinajstić information content (AvgIpc) is 3.36. The van der Waals surface area contributed by atoms with Gasteiger partial charge in [0, 0.05) is 32.0 Å². The van der Waals surface area contributed by atoms with E-state index < -0.39 is 0 Å². The van der Waals surface area contributed by atoms with Gasteiger partial charge in [-0.1, -0.05) is 24.1 Å². The molecule has 3 aromatic rings. The molecule has 4 heterocycles. The summed E-state index contributed by atoms with van der Waals surface area (Å²) in [6.07, 6.45) is 7.06. The fourth-order valence-corrected chi connectivity index (χ4v) is 4.89. The van der Waals surface area contributed by atoms with Crippen LogP contribution in [-0.2, 0) is 12.5 Å². The molecule has 0 aromatic carbocycles. The van der Waals surface area contributed by atoms with Gasteiger partial charge in [-0.2, -0.15) is 10.1 Å². The second kappa shape index (κ2) is 7.59. The largest absolute Gasteiger partial charge is 0.338 e. The van der Waals surface area contributed by atoms with Crippen molar-refractivity contribution in [2.24, 2.45) is 13.0 Å². The fraction of sp³-hybridized carbons (Fsp3) is 0.522. The molecular weight excluding hydrogens is 392 g/mol. The summed E-state index contributed by atoms with van der Waals surface area (Å²) >= 11 is 0. The Labute approximate surface area is 181 Å². The third-order valence-electron chi connectivity index (χ3n) is 6.75. The Morgan fingerprint density at radius 2 is 2.13 bits per heavy atom. The molecule has 1 unspecified atom stereocenters. The smallest absolute Gasteiger partial charge is 0.276 e. The van der Waals surface area contributed by atoms with Gasteiger partial charge in [-0.15, -0.1) is 0 Å². The summed E-state index contributed by atoms with van der Waals surface area (Å²) < 4.78 is 7.39. The number of likely N-dealkylation sites (tertiary alicyclic amines) is 1. The minimum atomic E-state index is -0.282. The number of pyridine rings is 1. The normalized spacial score (nSPS) is 21.5. The number of carbonyl (C=O) groups is 1. The number of piperidine rings is 1. The summed E-state index contributed by atoms with van der Waals surface area (Å²) in [5.41, 5.74) is 2.79. The minimum absolute atomic E-state index is 0.0522. The maximum atomic E-state index is 13.5. The van der Waals surface area contributed by atoms with Crippen molar-refractivity contribution in [1.82, 2.24) is 29.8 Å². The van der Waals surface area contributed by atoms with E-state index in [9.17, 15) is 4.79 Å². The number of carbonyl (C=O) groups excluding carboxylic acids is 1. The first-order valence-corrected chi connectivity index (χ1v) is 11.0. The maximum Gasteiger partial charge on any atom is 0.276 e. The average molecular weight is 421 g/mol. The standard InChI is InChI=1S/C23H28N6O2/c1-15-19(16(2)28(3)26-15)21(30)29-12-6-10-23(14-29,13-17-8-9-17)22-25-20(31-27-22)18-7-4-5-11-24-18/h4-5,7,11,17H,6,8-10,12-14H2,1-3H3. The molecule has 0 N–H and O–H groups in total. The molecule has 2 fully saturated rings. The topological polar surface area (TPSA) is 89.9 Å². The Hall–Kier alpha value is -3.03. The van der Waals surface area contributed by atoms with Crippen LogP contribution in [0.15, 0.2) is 28.9 Å². The van der Waals surface area contributed by atoms with Gasteiger partial charge in [-0.25, -0.2) is 0 Å². The molecule has 0 radical (unpaired) electrons. The minimum Gasteiger partial charge on any atom is -0.338 e. The molecule has 8 heteroatoms. The molecule has 1 saturated heterocycles. The first-order chi connectivity index (χ1) is 15.0. The van der Waals surface area contributed by atoms with Gasteiger partial charge in [0.05, 0.1) is 16.7 Å². The number of hydrogen-bond acceptors (Lipinski definition) is 6. The van der Waals surface area contributed by atoms with Crippen molar-refractivity contribution < 1.29 is 9.32 Å².